The molecule has 2 aromatic heterocycles. The first-order valence-electron chi connectivity index (χ1n) is 7.05. The van der Waals surface area contributed by atoms with Gasteiger partial charge in [0.2, 0.25) is 0 Å². The Morgan fingerprint density at radius 1 is 1.24 bits per heavy atom. The summed E-state index contributed by atoms with van der Waals surface area (Å²) >= 11 is 0. The number of hydrogen-bond donors (Lipinski definition) is 2. The zero-order chi connectivity index (χ0) is 15.1. The van der Waals surface area contributed by atoms with Gasteiger partial charge >= 0.3 is 0 Å². The average Bonchev–Trinajstić information content (AvgIpc) is 2.85. The van der Waals surface area contributed by atoms with Gasteiger partial charge in [0.05, 0.1) is 12.7 Å². The number of nitrogens with zero attached hydrogens (tertiary/aromatic N) is 4. The fourth-order valence-corrected chi connectivity index (χ4v) is 1.94. The predicted octanol–water partition coefficient (Wildman–Crippen LogP) is 1.67. The van der Waals surface area contributed by atoms with Gasteiger partial charge in [-0.2, -0.15) is 5.10 Å². The summed E-state index contributed by atoms with van der Waals surface area (Å²) in [4.78, 5) is 8.80. The van der Waals surface area contributed by atoms with Crippen LogP contribution in [0.5, 0.6) is 0 Å². The van der Waals surface area contributed by atoms with E-state index in [0.717, 1.165) is 36.8 Å². The standard InChI is InChI=1S/C14H22N6O/c1-4-15-12-7-13(19-14(18-12)10-21-3)16-5-6-20-9-11(2)8-17-20/h7-9H,4-6,10H2,1-3H3,(H2,15,16,18,19). The summed E-state index contributed by atoms with van der Waals surface area (Å²) in [5, 5.41) is 10.7. The maximum atomic E-state index is 5.10. The van der Waals surface area contributed by atoms with Crippen LogP contribution in [-0.2, 0) is 17.9 Å². The minimum Gasteiger partial charge on any atom is -0.377 e. The fourth-order valence-electron chi connectivity index (χ4n) is 1.94. The van der Waals surface area contributed by atoms with E-state index in [0.29, 0.717) is 12.4 Å². The average molecular weight is 290 g/mol. The van der Waals surface area contributed by atoms with Crippen LogP contribution in [0.1, 0.15) is 18.3 Å². The van der Waals surface area contributed by atoms with Crippen molar-refractivity contribution in [3.05, 3.63) is 29.8 Å². The van der Waals surface area contributed by atoms with Gasteiger partial charge in [-0.1, -0.05) is 0 Å². The van der Waals surface area contributed by atoms with Crippen LogP contribution in [0.2, 0.25) is 0 Å². The van der Waals surface area contributed by atoms with Gasteiger partial charge < -0.3 is 15.4 Å². The van der Waals surface area contributed by atoms with E-state index >= 15 is 0 Å². The van der Waals surface area contributed by atoms with E-state index in [1.165, 1.54) is 0 Å². The third kappa shape index (κ3) is 4.71. The van der Waals surface area contributed by atoms with E-state index in [1.54, 1.807) is 7.11 Å². The number of rotatable bonds is 8. The van der Waals surface area contributed by atoms with Crippen LogP contribution in [0.3, 0.4) is 0 Å². The van der Waals surface area contributed by atoms with E-state index in [1.807, 2.05) is 37.0 Å². The Morgan fingerprint density at radius 3 is 2.62 bits per heavy atom. The number of aromatic nitrogens is 4. The SMILES string of the molecule is CCNc1cc(NCCn2cc(C)cn2)nc(COC)n1. The lowest BCUT2D eigenvalue weighted by Crippen LogP contribution is -2.13. The van der Waals surface area contributed by atoms with Crippen molar-refractivity contribution in [2.45, 2.75) is 27.0 Å². The summed E-state index contributed by atoms with van der Waals surface area (Å²) in [5.74, 6) is 2.25. The molecule has 7 heteroatoms. The number of anilines is 2. The maximum absolute atomic E-state index is 5.10. The zero-order valence-electron chi connectivity index (χ0n) is 12.8. The lowest BCUT2D eigenvalue weighted by Gasteiger charge is -2.10. The van der Waals surface area contributed by atoms with E-state index in [2.05, 4.69) is 25.7 Å². The maximum Gasteiger partial charge on any atom is 0.158 e. The molecular formula is C14H22N6O. The molecule has 0 aliphatic heterocycles. The van der Waals surface area contributed by atoms with Crippen molar-refractivity contribution in [2.75, 3.05) is 30.8 Å². The highest BCUT2D eigenvalue weighted by Crippen LogP contribution is 2.11. The first-order chi connectivity index (χ1) is 10.2. The van der Waals surface area contributed by atoms with Crippen LogP contribution in [0, 0.1) is 6.92 Å². The van der Waals surface area contributed by atoms with Gasteiger partial charge in [-0.05, 0) is 19.4 Å². The Bertz CT molecular complexity index is 544. The highest BCUT2D eigenvalue weighted by atomic mass is 16.5. The second-order valence-electron chi connectivity index (χ2n) is 4.73. The fraction of sp³-hybridized carbons (Fsp3) is 0.500. The van der Waals surface area contributed by atoms with Gasteiger partial charge in [0.25, 0.3) is 0 Å². The molecule has 2 N–H and O–H groups in total. The van der Waals surface area contributed by atoms with Crippen LogP contribution in [0.4, 0.5) is 11.6 Å². The van der Waals surface area contributed by atoms with Gasteiger partial charge in [-0.15, -0.1) is 0 Å². The number of hydrogen-bond acceptors (Lipinski definition) is 6. The molecule has 0 atom stereocenters. The Labute approximate surface area is 124 Å². The molecule has 2 heterocycles. The van der Waals surface area contributed by atoms with Gasteiger partial charge in [-0.3, -0.25) is 4.68 Å². The molecule has 0 radical (unpaired) electrons. The van der Waals surface area contributed by atoms with Crippen molar-refractivity contribution >= 4 is 11.6 Å². The summed E-state index contributed by atoms with van der Waals surface area (Å²) < 4.78 is 7.01. The summed E-state index contributed by atoms with van der Waals surface area (Å²) in [5.41, 5.74) is 1.16. The van der Waals surface area contributed by atoms with E-state index < -0.39 is 0 Å². The molecule has 0 saturated heterocycles. The van der Waals surface area contributed by atoms with Crippen molar-refractivity contribution in [1.82, 2.24) is 19.7 Å². The van der Waals surface area contributed by atoms with Gasteiger partial charge in [-0.25, -0.2) is 9.97 Å². The second kappa shape index (κ2) is 7.58. The van der Waals surface area contributed by atoms with Crippen molar-refractivity contribution < 1.29 is 4.74 Å². The summed E-state index contributed by atoms with van der Waals surface area (Å²) in [7, 11) is 1.64. The van der Waals surface area contributed by atoms with Crippen molar-refractivity contribution in [3.8, 4) is 0 Å². The molecule has 0 aliphatic carbocycles. The van der Waals surface area contributed by atoms with Crippen LogP contribution >= 0.6 is 0 Å². The predicted molar refractivity (Wildman–Crippen MR) is 82.4 cm³/mol. The molecule has 0 fully saturated rings. The number of ether oxygens (including phenoxy) is 1. The van der Waals surface area contributed by atoms with Crippen LogP contribution in [-0.4, -0.2) is 39.9 Å². The van der Waals surface area contributed by atoms with E-state index in [9.17, 15) is 0 Å². The molecule has 0 spiro atoms. The molecule has 2 aromatic rings. The smallest absolute Gasteiger partial charge is 0.158 e. The Morgan fingerprint density at radius 2 is 2.00 bits per heavy atom. The molecule has 0 aliphatic rings. The Kier molecular flexibility index (Phi) is 5.51. The van der Waals surface area contributed by atoms with Gasteiger partial charge in [0, 0.05) is 32.5 Å². The quantitative estimate of drug-likeness (QED) is 0.770. The van der Waals surface area contributed by atoms with Crippen molar-refractivity contribution in [1.29, 1.82) is 0 Å². The third-order valence-electron chi connectivity index (χ3n) is 2.81. The zero-order valence-corrected chi connectivity index (χ0v) is 12.8. The van der Waals surface area contributed by atoms with Crippen molar-refractivity contribution in [3.63, 3.8) is 0 Å². The minimum atomic E-state index is 0.395. The molecule has 0 aromatic carbocycles. The minimum absolute atomic E-state index is 0.395. The summed E-state index contributed by atoms with van der Waals surface area (Å²) in [6.07, 6.45) is 3.87. The molecule has 2 rings (SSSR count). The van der Waals surface area contributed by atoms with Crippen LogP contribution in [0.25, 0.3) is 0 Å². The molecular weight excluding hydrogens is 268 g/mol. The summed E-state index contributed by atoms with van der Waals surface area (Å²) in [6, 6.07) is 1.90. The normalized spacial score (nSPS) is 10.6. The molecule has 0 amide bonds. The van der Waals surface area contributed by atoms with Crippen LogP contribution in [0.15, 0.2) is 18.5 Å². The second-order valence-corrected chi connectivity index (χ2v) is 4.73. The van der Waals surface area contributed by atoms with E-state index in [4.69, 9.17) is 4.74 Å². The number of nitrogens with one attached hydrogen (secondary N) is 2. The summed E-state index contributed by atoms with van der Waals surface area (Å²) in [6.45, 7) is 6.80. The molecule has 7 nitrogen and oxygen atoms in total. The largest absolute Gasteiger partial charge is 0.377 e. The monoisotopic (exact) mass is 290 g/mol. The topological polar surface area (TPSA) is 76.9 Å². The van der Waals surface area contributed by atoms with Gasteiger partial charge in [0.15, 0.2) is 5.82 Å². The third-order valence-corrected chi connectivity index (χ3v) is 2.81. The lowest BCUT2D eigenvalue weighted by molar-refractivity contribution is 0.178. The first kappa shape index (κ1) is 15.2. The van der Waals surface area contributed by atoms with E-state index in [-0.39, 0.29) is 0 Å². The number of methoxy groups -OCH3 is 1. The Balaban J connectivity index is 1.97. The number of aryl methyl sites for hydroxylation is 1. The molecule has 21 heavy (non-hydrogen) atoms. The highest BCUT2D eigenvalue weighted by molar-refractivity contribution is 5.47. The first-order valence-corrected chi connectivity index (χ1v) is 7.05. The van der Waals surface area contributed by atoms with Crippen LogP contribution < -0.4 is 10.6 Å². The molecule has 114 valence electrons. The highest BCUT2D eigenvalue weighted by Gasteiger charge is 2.04. The van der Waals surface area contributed by atoms with Gasteiger partial charge in [0.1, 0.15) is 18.2 Å². The molecule has 0 saturated carbocycles. The Hall–Kier alpha value is -2.15. The lowest BCUT2D eigenvalue weighted by atomic mass is 10.4. The molecule has 0 bridgehead atoms. The molecule has 0 unspecified atom stereocenters. The van der Waals surface area contributed by atoms with Crippen molar-refractivity contribution in [2.24, 2.45) is 0 Å².